The minimum atomic E-state index is -1.48. The molecule has 0 heterocycles. The monoisotopic (exact) mass is 186 g/mol. The highest BCUT2D eigenvalue weighted by Crippen LogP contribution is 2.23. The Balaban J connectivity index is 3.22. The molecule has 1 rings (SSSR count). The Bertz CT molecular complexity index is 381. The van der Waals surface area contributed by atoms with Crippen molar-refractivity contribution in [2.75, 3.05) is 7.11 Å². The molecule has 0 radical (unpaired) electrons. The van der Waals surface area contributed by atoms with Crippen LogP contribution in [0.4, 0.5) is 0 Å². The lowest BCUT2D eigenvalue weighted by atomic mass is 9.96. The molecule has 0 aliphatic heterocycles. The number of ether oxygens (including phenoxy) is 1. The van der Waals surface area contributed by atoms with Crippen molar-refractivity contribution in [2.45, 2.75) is 12.5 Å². The molecular formula is C11H10N2O. The van der Waals surface area contributed by atoms with E-state index in [1.54, 1.807) is 12.1 Å². The molecule has 0 bridgehead atoms. The summed E-state index contributed by atoms with van der Waals surface area (Å²) in [5.41, 5.74) is 0.165. The Morgan fingerprint density at radius 1 is 1.14 bits per heavy atom. The molecule has 0 unspecified atom stereocenters. The number of hydrogen-bond donors (Lipinski definition) is 0. The van der Waals surface area contributed by atoms with Crippen LogP contribution in [0.1, 0.15) is 11.1 Å². The maximum absolute atomic E-state index is 8.90. The first-order chi connectivity index (χ1) is 6.68. The van der Waals surface area contributed by atoms with Crippen LogP contribution in [0.15, 0.2) is 24.3 Å². The predicted octanol–water partition coefficient (Wildman–Crippen LogP) is 1.88. The number of nitriles is 2. The summed E-state index contributed by atoms with van der Waals surface area (Å²) < 4.78 is 4.94. The zero-order valence-electron chi connectivity index (χ0n) is 8.11. The van der Waals surface area contributed by atoms with Gasteiger partial charge < -0.3 is 4.74 Å². The highest BCUT2D eigenvalue weighted by atomic mass is 16.5. The van der Waals surface area contributed by atoms with Crippen LogP contribution in [0.2, 0.25) is 0 Å². The van der Waals surface area contributed by atoms with E-state index in [-0.39, 0.29) is 0 Å². The molecular weight excluding hydrogens is 176 g/mol. The highest BCUT2D eigenvalue weighted by molar-refractivity contribution is 5.37. The van der Waals surface area contributed by atoms with Crippen molar-refractivity contribution in [3.05, 3.63) is 35.4 Å². The largest absolute Gasteiger partial charge is 0.348 e. The average Bonchev–Trinajstić information content (AvgIpc) is 2.24. The van der Waals surface area contributed by atoms with E-state index in [0.29, 0.717) is 5.56 Å². The average molecular weight is 186 g/mol. The molecule has 14 heavy (non-hydrogen) atoms. The molecule has 1 aromatic carbocycles. The van der Waals surface area contributed by atoms with Gasteiger partial charge in [0.25, 0.3) is 5.60 Å². The van der Waals surface area contributed by atoms with Crippen LogP contribution in [0, 0.1) is 29.6 Å². The van der Waals surface area contributed by atoms with Crippen molar-refractivity contribution >= 4 is 0 Å². The fourth-order valence-electron chi connectivity index (χ4n) is 1.15. The first kappa shape index (κ1) is 10.2. The minimum absolute atomic E-state index is 0.565. The quantitative estimate of drug-likeness (QED) is 0.708. The maximum atomic E-state index is 8.90. The van der Waals surface area contributed by atoms with Crippen LogP contribution in [0.5, 0.6) is 0 Å². The fourth-order valence-corrected chi connectivity index (χ4v) is 1.15. The molecule has 0 saturated heterocycles. The lowest BCUT2D eigenvalue weighted by molar-refractivity contribution is 0.0859. The second-order valence-electron chi connectivity index (χ2n) is 2.97. The van der Waals surface area contributed by atoms with Crippen LogP contribution >= 0.6 is 0 Å². The zero-order chi connectivity index (χ0) is 10.6. The number of benzene rings is 1. The highest BCUT2D eigenvalue weighted by Gasteiger charge is 2.31. The number of hydrogen-bond acceptors (Lipinski definition) is 3. The van der Waals surface area contributed by atoms with Gasteiger partial charge in [-0.2, -0.15) is 10.5 Å². The van der Waals surface area contributed by atoms with Crippen LogP contribution in [-0.2, 0) is 10.3 Å². The smallest absolute Gasteiger partial charge is 0.266 e. The summed E-state index contributed by atoms with van der Waals surface area (Å²) in [7, 11) is 1.35. The SMILES string of the molecule is COC(C#N)(C#N)c1ccc(C)cc1. The third-order valence-electron chi connectivity index (χ3n) is 2.08. The van der Waals surface area contributed by atoms with E-state index in [4.69, 9.17) is 15.3 Å². The van der Waals surface area contributed by atoms with Crippen LogP contribution in [-0.4, -0.2) is 7.11 Å². The first-order valence-electron chi connectivity index (χ1n) is 4.13. The predicted molar refractivity (Wildman–Crippen MR) is 51.1 cm³/mol. The molecule has 0 saturated carbocycles. The lowest BCUT2D eigenvalue weighted by Crippen LogP contribution is -2.23. The number of rotatable bonds is 2. The fraction of sp³-hybridized carbons (Fsp3) is 0.273. The van der Waals surface area contributed by atoms with Gasteiger partial charge in [0, 0.05) is 12.7 Å². The normalized spacial score (nSPS) is 10.3. The van der Waals surface area contributed by atoms with Crippen LogP contribution in [0.25, 0.3) is 0 Å². The van der Waals surface area contributed by atoms with Gasteiger partial charge in [0.05, 0.1) is 0 Å². The van der Waals surface area contributed by atoms with E-state index in [1.807, 2.05) is 31.2 Å². The standard InChI is InChI=1S/C11H10N2O/c1-9-3-5-10(6-4-9)11(7-12,8-13)14-2/h3-6H,1-2H3. The van der Waals surface area contributed by atoms with E-state index in [1.165, 1.54) is 7.11 Å². The van der Waals surface area contributed by atoms with Gasteiger partial charge in [-0.05, 0) is 6.92 Å². The maximum Gasteiger partial charge on any atom is 0.266 e. The Morgan fingerprint density at radius 2 is 1.64 bits per heavy atom. The second kappa shape index (κ2) is 3.91. The second-order valence-corrected chi connectivity index (χ2v) is 2.97. The van der Waals surface area contributed by atoms with Gasteiger partial charge >= 0.3 is 0 Å². The summed E-state index contributed by atoms with van der Waals surface area (Å²) in [4.78, 5) is 0. The van der Waals surface area contributed by atoms with Crippen molar-refractivity contribution in [3.63, 3.8) is 0 Å². The lowest BCUT2D eigenvalue weighted by Gasteiger charge is -2.16. The summed E-state index contributed by atoms with van der Waals surface area (Å²) in [6.45, 7) is 1.94. The molecule has 3 nitrogen and oxygen atoms in total. The molecule has 1 aromatic rings. The molecule has 0 fully saturated rings. The number of aryl methyl sites for hydroxylation is 1. The van der Waals surface area contributed by atoms with E-state index < -0.39 is 5.60 Å². The topological polar surface area (TPSA) is 56.8 Å². The Morgan fingerprint density at radius 3 is 2.00 bits per heavy atom. The molecule has 0 aliphatic rings. The van der Waals surface area contributed by atoms with E-state index in [9.17, 15) is 0 Å². The molecule has 0 N–H and O–H groups in total. The summed E-state index contributed by atoms with van der Waals surface area (Å²) in [6.07, 6.45) is 0. The molecule has 70 valence electrons. The molecule has 3 heteroatoms. The van der Waals surface area contributed by atoms with Gasteiger partial charge in [-0.1, -0.05) is 29.8 Å². The molecule has 0 aromatic heterocycles. The third-order valence-corrected chi connectivity index (χ3v) is 2.08. The van der Waals surface area contributed by atoms with Gasteiger partial charge in [-0.15, -0.1) is 0 Å². The van der Waals surface area contributed by atoms with E-state index in [2.05, 4.69) is 0 Å². The van der Waals surface area contributed by atoms with Crippen molar-refractivity contribution < 1.29 is 4.74 Å². The van der Waals surface area contributed by atoms with Crippen molar-refractivity contribution in [2.24, 2.45) is 0 Å². The summed E-state index contributed by atoms with van der Waals surface area (Å²) >= 11 is 0. The van der Waals surface area contributed by atoms with E-state index >= 15 is 0 Å². The molecule has 0 atom stereocenters. The Labute approximate surface area is 83.2 Å². The van der Waals surface area contributed by atoms with Gasteiger partial charge in [0.2, 0.25) is 0 Å². The van der Waals surface area contributed by atoms with Crippen LogP contribution < -0.4 is 0 Å². The van der Waals surface area contributed by atoms with Crippen molar-refractivity contribution in [3.8, 4) is 12.1 Å². The zero-order valence-corrected chi connectivity index (χ0v) is 8.11. The van der Waals surface area contributed by atoms with Crippen LogP contribution in [0.3, 0.4) is 0 Å². The van der Waals surface area contributed by atoms with Gasteiger partial charge in [-0.3, -0.25) is 0 Å². The van der Waals surface area contributed by atoms with E-state index in [0.717, 1.165) is 5.56 Å². The molecule has 0 aliphatic carbocycles. The van der Waals surface area contributed by atoms with Gasteiger partial charge in [-0.25, -0.2) is 0 Å². The third kappa shape index (κ3) is 1.59. The number of nitrogens with zero attached hydrogens (tertiary/aromatic N) is 2. The van der Waals surface area contributed by atoms with Crippen molar-refractivity contribution in [1.29, 1.82) is 10.5 Å². The summed E-state index contributed by atoms with van der Waals surface area (Å²) in [6, 6.07) is 10.9. The Kier molecular flexibility index (Phi) is 2.86. The Hall–Kier alpha value is -1.84. The molecule has 0 amide bonds. The summed E-state index contributed by atoms with van der Waals surface area (Å²) in [5.74, 6) is 0. The summed E-state index contributed by atoms with van der Waals surface area (Å²) in [5, 5.41) is 17.8. The number of methoxy groups -OCH3 is 1. The van der Waals surface area contributed by atoms with Crippen molar-refractivity contribution in [1.82, 2.24) is 0 Å². The first-order valence-corrected chi connectivity index (χ1v) is 4.13. The van der Waals surface area contributed by atoms with Gasteiger partial charge in [0.15, 0.2) is 0 Å². The molecule has 0 spiro atoms. The van der Waals surface area contributed by atoms with Gasteiger partial charge in [0.1, 0.15) is 12.1 Å². The minimum Gasteiger partial charge on any atom is -0.348 e.